The minimum Gasteiger partial charge on any atom is -0.488 e. The van der Waals surface area contributed by atoms with Gasteiger partial charge in [-0.15, -0.1) is 15.0 Å². The number of hydrogen-bond donors (Lipinski definition) is 1. The Morgan fingerprint density at radius 1 is 0.977 bits per heavy atom. The highest BCUT2D eigenvalue weighted by atomic mass is 28.3. The maximum atomic E-state index is 12.8. The lowest BCUT2D eigenvalue weighted by atomic mass is 10.0. The summed E-state index contributed by atoms with van der Waals surface area (Å²) in [4.78, 5) is 18.7. The van der Waals surface area contributed by atoms with Crippen LogP contribution in [0, 0.1) is 0 Å². The number of ether oxygens (including phenoxy) is 3. The van der Waals surface area contributed by atoms with Crippen molar-refractivity contribution in [3.63, 3.8) is 0 Å². The molecule has 0 saturated heterocycles. The molecule has 11 heteroatoms. The van der Waals surface area contributed by atoms with Crippen molar-refractivity contribution in [2.75, 3.05) is 6.61 Å². The van der Waals surface area contributed by atoms with E-state index in [-0.39, 0.29) is 12.8 Å². The van der Waals surface area contributed by atoms with Gasteiger partial charge in [0.1, 0.15) is 18.1 Å². The molecule has 0 aliphatic heterocycles. The normalized spacial score (nSPS) is 14.2. The summed E-state index contributed by atoms with van der Waals surface area (Å²) >= 11 is 0. The Balaban J connectivity index is 1.34. The van der Waals surface area contributed by atoms with Gasteiger partial charge in [0.15, 0.2) is 6.73 Å². The predicted octanol–water partition coefficient (Wildman–Crippen LogP) is 7.10. The molecule has 0 radical (unpaired) electrons. The molecule has 1 aliphatic carbocycles. The standard InChI is InChI=1S/C33H42N6O4Si/c1-44(2,3)18-17-41-24-39-37-32(36-38-39)27-19-26(21-34-22-27)30-20-29(43-33(40)35-28-13-9-4-5-10-14-28)15-16-31(30)42-23-25-11-7-6-8-12-25/h6-8,11-12,15-16,19-22,28H,4-5,9-10,13-14,17-18,23-24H2,1-3H3,(H,35,40). The maximum absolute atomic E-state index is 12.8. The third-order valence-corrected chi connectivity index (χ3v) is 9.24. The van der Waals surface area contributed by atoms with Crippen LogP contribution in [0.1, 0.15) is 44.1 Å². The quantitative estimate of drug-likeness (QED) is 0.102. The van der Waals surface area contributed by atoms with Crippen LogP contribution in [0.5, 0.6) is 11.5 Å². The van der Waals surface area contributed by atoms with Crippen molar-refractivity contribution in [2.45, 2.75) is 83.6 Å². The zero-order chi connectivity index (χ0) is 30.8. The van der Waals surface area contributed by atoms with E-state index in [9.17, 15) is 4.79 Å². The second-order valence-corrected chi connectivity index (χ2v) is 18.1. The van der Waals surface area contributed by atoms with Crippen LogP contribution < -0.4 is 14.8 Å². The Morgan fingerprint density at radius 3 is 2.52 bits per heavy atom. The van der Waals surface area contributed by atoms with Crippen molar-refractivity contribution >= 4 is 14.2 Å². The van der Waals surface area contributed by atoms with E-state index in [0.29, 0.717) is 36.1 Å². The van der Waals surface area contributed by atoms with E-state index in [2.05, 4.69) is 45.4 Å². The fourth-order valence-electron chi connectivity index (χ4n) is 5.03. The lowest BCUT2D eigenvalue weighted by Crippen LogP contribution is -2.36. The lowest BCUT2D eigenvalue weighted by Gasteiger charge is -2.17. The van der Waals surface area contributed by atoms with Gasteiger partial charge in [0.25, 0.3) is 0 Å². The SMILES string of the molecule is C[Si](C)(C)CCOCn1nnc(-c2cncc(-c3cc(OC(=O)NC4CCCCCC4)ccc3OCc3ccccc3)c2)n1. The monoisotopic (exact) mass is 614 g/mol. The summed E-state index contributed by atoms with van der Waals surface area (Å²) in [7, 11) is -1.18. The molecule has 2 aromatic carbocycles. The number of nitrogens with one attached hydrogen (secondary N) is 1. The number of rotatable bonds is 12. The highest BCUT2D eigenvalue weighted by molar-refractivity contribution is 6.76. The van der Waals surface area contributed by atoms with Crippen LogP contribution in [-0.4, -0.2) is 52.0 Å². The van der Waals surface area contributed by atoms with E-state index in [1.54, 1.807) is 18.5 Å². The zero-order valence-electron chi connectivity index (χ0n) is 25.9. The van der Waals surface area contributed by atoms with Gasteiger partial charge in [-0.1, -0.05) is 75.7 Å². The summed E-state index contributed by atoms with van der Waals surface area (Å²) in [6.07, 6.45) is 9.64. The lowest BCUT2D eigenvalue weighted by molar-refractivity contribution is 0.0674. The molecule has 1 amide bonds. The van der Waals surface area contributed by atoms with Crippen molar-refractivity contribution < 1.29 is 19.0 Å². The molecule has 2 aromatic heterocycles. The van der Waals surface area contributed by atoms with Gasteiger partial charge in [0.05, 0.1) is 0 Å². The molecule has 1 saturated carbocycles. The molecule has 1 N–H and O–H groups in total. The molecule has 1 aliphatic rings. The van der Waals surface area contributed by atoms with E-state index >= 15 is 0 Å². The number of aromatic nitrogens is 5. The van der Waals surface area contributed by atoms with Crippen molar-refractivity contribution in [1.82, 2.24) is 30.5 Å². The molecule has 2 heterocycles. The second-order valence-electron chi connectivity index (χ2n) is 12.5. The third kappa shape index (κ3) is 9.45. The van der Waals surface area contributed by atoms with Gasteiger partial charge in [-0.05, 0) is 53.9 Å². The average Bonchev–Trinajstić information content (AvgIpc) is 3.35. The minimum atomic E-state index is -1.18. The molecule has 0 atom stereocenters. The van der Waals surface area contributed by atoms with Gasteiger partial charge in [-0.2, -0.15) is 0 Å². The first kappa shape index (κ1) is 31.3. The van der Waals surface area contributed by atoms with Crippen LogP contribution in [0.15, 0.2) is 67.0 Å². The number of benzene rings is 2. The van der Waals surface area contributed by atoms with Crippen LogP contribution in [-0.2, 0) is 18.1 Å². The molecule has 44 heavy (non-hydrogen) atoms. The summed E-state index contributed by atoms with van der Waals surface area (Å²) in [5.74, 6) is 1.50. The van der Waals surface area contributed by atoms with Gasteiger partial charge in [-0.25, -0.2) is 4.79 Å². The Hall–Kier alpha value is -4.09. The Morgan fingerprint density at radius 2 is 1.75 bits per heavy atom. The molecule has 0 bridgehead atoms. The molecule has 5 rings (SSSR count). The molecule has 10 nitrogen and oxygen atoms in total. The fraction of sp³-hybridized carbons (Fsp3) is 0.424. The van der Waals surface area contributed by atoms with Crippen molar-refractivity contribution in [1.29, 1.82) is 0 Å². The minimum absolute atomic E-state index is 0.144. The van der Waals surface area contributed by atoms with Gasteiger partial charge in [0.2, 0.25) is 5.82 Å². The Bertz CT molecular complexity index is 1500. The molecule has 0 unspecified atom stereocenters. The first-order valence-electron chi connectivity index (χ1n) is 15.4. The summed E-state index contributed by atoms with van der Waals surface area (Å²) in [6, 6.07) is 18.5. The number of amides is 1. The first-order valence-corrected chi connectivity index (χ1v) is 19.1. The van der Waals surface area contributed by atoms with E-state index in [1.807, 2.05) is 48.5 Å². The molecule has 4 aromatic rings. The topological polar surface area (TPSA) is 113 Å². The number of carbonyl (C=O) groups is 1. The molecular weight excluding hydrogens is 572 g/mol. The number of hydrogen-bond acceptors (Lipinski definition) is 8. The third-order valence-electron chi connectivity index (χ3n) is 7.54. The van der Waals surface area contributed by atoms with Crippen molar-refractivity contribution in [3.05, 3.63) is 72.6 Å². The number of tetrazole rings is 1. The average molecular weight is 615 g/mol. The fourth-order valence-corrected chi connectivity index (χ4v) is 5.79. The number of nitrogens with zero attached hydrogens (tertiary/aromatic N) is 5. The van der Waals surface area contributed by atoms with E-state index in [4.69, 9.17) is 14.2 Å². The second kappa shape index (κ2) is 15.1. The van der Waals surface area contributed by atoms with E-state index in [1.165, 1.54) is 17.6 Å². The van der Waals surface area contributed by atoms with Gasteiger partial charge < -0.3 is 19.5 Å². The predicted molar refractivity (Wildman–Crippen MR) is 172 cm³/mol. The van der Waals surface area contributed by atoms with Crippen LogP contribution in [0.25, 0.3) is 22.5 Å². The molecule has 0 spiro atoms. The molecular formula is C33H42N6O4Si. The van der Waals surface area contributed by atoms with Crippen molar-refractivity contribution in [3.8, 4) is 34.0 Å². The highest BCUT2D eigenvalue weighted by Gasteiger charge is 2.18. The zero-order valence-corrected chi connectivity index (χ0v) is 26.9. The largest absolute Gasteiger partial charge is 0.488 e. The van der Waals surface area contributed by atoms with E-state index in [0.717, 1.165) is 48.4 Å². The summed E-state index contributed by atoms with van der Waals surface area (Å²) < 4.78 is 17.8. The van der Waals surface area contributed by atoms with Crippen LogP contribution in [0.4, 0.5) is 4.79 Å². The Labute approximate surface area is 260 Å². The number of carbonyl (C=O) groups excluding carboxylic acids is 1. The van der Waals surface area contributed by atoms with Crippen molar-refractivity contribution in [2.24, 2.45) is 0 Å². The van der Waals surface area contributed by atoms with Crippen LogP contribution >= 0.6 is 0 Å². The highest BCUT2D eigenvalue weighted by Crippen LogP contribution is 2.35. The van der Waals surface area contributed by atoms with Gasteiger partial charge in [0, 0.05) is 49.8 Å². The maximum Gasteiger partial charge on any atom is 0.412 e. The summed E-state index contributed by atoms with van der Waals surface area (Å²) in [6.45, 7) is 8.24. The van der Waals surface area contributed by atoms with Gasteiger partial charge in [-0.3, -0.25) is 4.98 Å². The summed E-state index contributed by atoms with van der Waals surface area (Å²) in [5.41, 5.74) is 3.24. The molecule has 1 fully saturated rings. The first-order chi connectivity index (χ1) is 21.3. The molecule has 232 valence electrons. The number of pyridine rings is 1. The summed E-state index contributed by atoms with van der Waals surface area (Å²) in [5, 5.41) is 15.9. The van der Waals surface area contributed by atoms with E-state index < -0.39 is 14.2 Å². The van der Waals surface area contributed by atoms with Crippen LogP contribution in [0.3, 0.4) is 0 Å². The van der Waals surface area contributed by atoms with Gasteiger partial charge >= 0.3 is 6.09 Å². The Kier molecular flexibility index (Phi) is 10.7. The smallest absolute Gasteiger partial charge is 0.412 e. The van der Waals surface area contributed by atoms with Crippen LogP contribution in [0.2, 0.25) is 25.7 Å².